The Balaban J connectivity index is 0.000000718. The fourth-order valence-corrected chi connectivity index (χ4v) is 3.12. The molecule has 0 aliphatic carbocycles. The number of ketones is 1. The maximum atomic E-state index is 12.3. The number of benzene rings is 1. The molecule has 0 amide bonds. The third-order valence-electron chi connectivity index (χ3n) is 4.74. The summed E-state index contributed by atoms with van der Waals surface area (Å²) in [7, 11) is 1.77. The van der Waals surface area contributed by atoms with Gasteiger partial charge in [-0.1, -0.05) is 20.4 Å². The van der Waals surface area contributed by atoms with E-state index in [-0.39, 0.29) is 17.6 Å². The van der Waals surface area contributed by atoms with Gasteiger partial charge in [-0.15, -0.1) is 13.2 Å². The van der Waals surface area contributed by atoms with Crippen LogP contribution in [-0.4, -0.2) is 41.0 Å². The van der Waals surface area contributed by atoms with Crippen molar-refractivity contribution < 1.29 is 32.9 Å². The molecule has 2 aromatic rings. The van der Waals surface area contributed by atoms with Gasteiger partial charge in [0.15, 0.2) is 5.78 Å². The number of aliphatic hydroxyl groups excluding tert-OH is 2. The number of anilines is 2. The highest BCUT2D eigenvalue weighted by Gasteiger charge is 2.31. The number of halogens is 3. The molecule has 34 heavy (non-hydrogen) atoms. The van der Waals surface area contributed by atoms with Gasteiger partial charge in [0.05, 0.1) is 6.61 Å². The lowest BCUT2D eigenvalue weighted by molar-refractivity contribution is -0.274. The number of aliphatic hydroxyl groups is 2. The Morgan fingerprint density at radius 3 is 2.32 bits per heavy atom. The summed E-state index contributed by atoms with van der Waals surface area (Å²) in [4.78, 5) is 14.6. The molecule has 2 rings (SSSR count). The van der Waals surface area contributed by atoms with Crippen molar-refractivity contribution in [2.45, 2.75) is 51.6 Å². The van der Waals surface area contributed by atoms with E-state index in [2.05, 4.69) is 26.9 Å². The topological polar surface area (TPSA) is 104 Å². The zero-order valence-corrected chi connectivity index (χ0v) is 19.5. The summed E-state index contributed by atoms with van der Waals surface area (Å²) >= 11 is 0. The van der Waals surface area contributed by atoms with Crippen LogP contribution in [0.1, 0.15) is 56.4 Å². The molecule has 0 saturated heterocycles. The fraction of sp³-hybridized carbons (Fsp3) is 0.417. The summed E-state index contributed by atoms with van der Waals surface area (Å²) in [5.74, 6) is 0.250. The number of rotatable bonds is 11. The van der Waals surface area contributed by atoms with Crippen LogP contribution < -0.4 is 15.4 Å². The Bertz CT molecular complexity index is 901. The van der Waals surface area contributed by atoms with Crippen LogP contribution in [0.4, 0.5) is 24.7 Å². The van der Waals surface area contributed by atoms with E-state index < -0.39 is 19.1 Å². The number of allylic oxidation sites excluding steroid dienone is 1. The van der Waals surface area contributed by atoms with Gasteiger partial charge in [-0.2, -0.15) is 0 Å². The first-order valence-corrected chi connectivity index (χ1v) is 10.8. The minimum absolute atomic E-state index is 0.141. The second-order valence-electron chi connectivity index (χ2n) is 7.23. The lowest BCUT2D eigenvalue weighted by Crippen LogP contribution is -2.21. The Morgan fingerprint density at radius 1 is 1.24 bits per heavy atom. The Kier molecular flexibility index (Phi) is 12.3. The molecular formula is C24H32F3N3O4. The Morgan fingerprint density at radius 2 is 1.88 bits per heavy atom. The van der Waals surface area contributed by atoms with Crippen molar-refractivity contribution >= 4 is 17.3 Å². The van der Waals surface area contributed by atoms with Crippen LogP contribution in [0, 0.1) is 0 Å². The van der Waals surface area contributed by atoms with E-state index in [1.165, 1.54) is 36.5 Å². The summed E-state index contributed by atoms with van der Waals surface area (Å²) in [5, 5.41) is 25.6. The van der Waals surface area contributed by atoms with Gasteiger partial charge in [0, 0.05) is 29.9 Å². The highest BCUT2D eigenvalue weighted by molar-refractivity contribution is 5.88. The average molecular weight is 484 g/mol. The number of nitrogens with one attached hydrogen (secondary N) is 2. The van der Waals surface area contributed by atoms with Gasteiger partial charge >= 0.3 is 6.36 Å². The smallest absolute Gasteiger partial charge is 0.406 e. The molecule has 10 heteroatoms. The van der Waals surface area contributed by atoms with Gasteiger partial charge in [0.25, 0.3) is 0 Å². The second-order valence-corrected chi connectivity index (χ2v) is 7.23. The van der Waals surface area contributed by atoms with Crippen LogP contribution in [0.15, 0.2) is 49.2 Å². The molecule has 0 aliphatic heterocycles. The maximum absolute atomic E-state index is 12.3. The predicted octanol–water partition coefficient (Wildman–Crippen LogP) is 4.96. The van der Waals surface area contributed by atoms with E-state index in [9.17, 15) is 28.2 Å². The average Bonchev–Trinajstić information content (AvgIpc) is 2.81. The minimum Gasteiger partial charge on any atom is -0.406 e. The molecule has 4 N–H and O–H groups in total. The summed E-state index contributed by atoms with van der Waals surface area (Å²) in [5.41, 5.74) is 1.70. The van der Waals surface area contributed by atoms with Crippen molar-refractivity contribution in [1.29, 1.82) is 0 Å². The van der Waals surface area contributed by atoms with Gasteiger partial charge in [-0.25, -0.2) is 4.98 Å². The molecule has 0 aliphatic rings. The summed E-state index contributed by atoms with van der Waals surface area (Å²) < 4.78 is 40.6. The van der Waals surface area contributed by atoms with Gasteiger partial charge in [-0.05, 0) is 61.9 Å². The summed E-state index contributed by atoms with van der Waals surface area (Å²) in [6, 6.07) is 6.73. The van der Waals surface area contributed by atoms with Crippen molar-refractivity contribution in [1.82, 2.24) is 10.3 Å². The number of alkyl halides is 3. The number of aromatic nitrogens is 1. The van der Waals surface area contributed by atoms with Crippen LogP contribution in [0.5, 0.6) is 5.75 Å². The quantitative estimate of drug-likeness (QED) is 0.335. The molecule has 0 bridgehead atoms. The standard InChI is InChI=1S/C18H22F3N3O3.C6H10O/c1-3-14(22-2)16-13(15(26)10-25)8-9-23-17(16)24-11-4-6-12(7-5-11)27-18(19,20)21;1-3-5-6(7)4-2/h4-9,14-15,22,25-26H,3,10H2,1-2H3,(H,23,24);4H,2-3,5H2,1H3. The normalized spacial score (nSPS) is 12.7. The fourth-order valence-electron chi connectivity index (χ4n) is 3.12. The lowest BCUT2D eigenvalue weighted by Gasteiger charge is -2.24. The predicted molar refractivity (Wildman–Crippen MR) is 125 cm³/mol. The highest BCUT2D eigenvalue weighted by atomic mass is 19.4. The number of carbonyl (C=O) groups is 1. The summed E-state index contributed by atoms with van der Waals surface area (Å²) in [6.07, 6.45) is -0.713. The minimum atomic E-state index is -4.75. The molecule has 1 aromatic carbocycles. The van der Waals surface area contributed by atoms with Crippen LogP contribution in [-0.2, 0) is 4.79 Å². The van der Waals surface area contributed by atoms with E-state index in [4.69, 9.17) is 0 Å². The van der Waals surface area contributed by atoms with Gasteiger partial charge in [-0.3, -0.25) is 4.79 Å². The number of carbonyl (C=O) groups excluding carboxylic acids is 1. The summed E-state index contributed by atoms with van der Waals surface area (Å²) in [6.45, 7) is 6.81. The van der Waals surface area contributed by atoms with E-state index in [0.29, 0.717) is 35.5 Å². The van der Waals surface area contributed by atoms with Crippen molar-refractivity contribution in [3.8, 4) is 5.75 Å². The third kappa shape index (κ3) is 9.50. The number of ether oxygens (including phenoxy) is 1. The lowest BCUT2D eigenvalue weighted by atomic mass is 9.96. The molecule has 0 saturated carbocycles. The zero-order valence-electron chi connectivity index (χ0n) is 19.5. The maximum Gasteiger partial charge on any atom is 0.573 e. The largest absolute Gasteiger partial charge is 0.573 e. The molecule has 0 spiro atoms. The number of hydrogen-bond acceptors (Lipinski definition) is 7. The van der Waals surface area contributed by atoms with Gasteiger partial charge in [0.2, 0.25) is 0 Å². The van der Waals surface area contributed by atoms with Gasteiger partial charge in [0.1, 0.15) is 17.7 Å². The molecule has 7 nitrogen and oxygen atoms in total. The number of pyridine rings is 1. The molecule has 2 atom stereocenters. The van der Waals surface area contributed by atoms with E-state index in [1.807, 2.05) is 13.8 Å². The first-order valence-electron chi connectivity index (χ1n) is 10.8. The second kappa shape index (κ2) is 14.3. The molecule has 188 valence electrons. The Hall–Kier alpha value is -2.95. The molecule has 1 heterocycles. The number of nitrogens with zero attached hydrogens (tertiary/aromatic N) is 1. The monoisotopic (exact) mass is 483 g/mol. The molecule has 0 radical (unpaired) electrons. The van der Waals surface area contributed by atoms with Crippen LogP contribution in [0.25, 0.3) is 0 Å². The Labute approximate surface area is 197 Å². The van der Waals surface area contributed by atoms with Gasteiger partial charge < -0.3 is 25.6 Å². The molecule has 2 unspecified atom stereocenters. The number of hydrogen-bond donors (Lipinski definition) is 4. The highest BCUT2D eigenvalue weighted by Crippen LogP contribution is 2.33. The SMILES string of the molecule is C=CC(=O)CCC.CCC(NC)c1c(C(O)CO)ccnc1Nc1ccc(OC(F)(F)F)cc1. The van der Waals surface area contributed by atoms with Crippen molar-refractivity contribution in [3.05, 3.63) is 60.3 Å². The molecule has 0 fully saturated rings. The third-order valence-corrected chi connectivity index (χ3v) is 4.74. The first-order chi connectivity index (χ1) is 16.1. The van der Waals surface area contributed by atoms with Crippen molar-refractivity contribution in [2.24, 2.45) is 0 Å². The van der Waals surface area contributed by atoms with E-state index in [0.717, 1.165) is 6.42 Å². The zero-order chi connectivity index (χ0) is 25.7. The van der Waals surface area contributed by atoms with Crippen molar-refractivity contribution in [2.75, 3.05) is 19.0 Å². The first kappa shape index (κ1) is 29.1. The molecular weight excluding hydrogens is 451 g/mol. The van der Waals surface area contributed by atoms with Crippen molar-refractivity contribution in [3.63, 3.8) is 0 Å². The van der Waals surface area contributed by atoms with E-state index in [1.54, 1.807) is 13.1 Å². The molecule has 1 aromatic heterocycles. The van der Waals surface area contributed by atoms with Crippen LogP contribution in [0.3, 0.4) is 0 Å². The van der Waals surface area contributed by atoms with Crippen LogP contribution >= 0.6 is 0 Å². The van der Waals surface area contributed by atoms with Crippen LogP contribution in [0.2, 0.25) is 0 Å². The van der Waals surface area contributed by atoms with E-state index >= 15 is 0 Å².